The number of anilines is 3. The maximum Gasteiger partial charge on any atom is 0.232 e. The molecule has 9 heteroatoms. The monoisotopic (exact) mass is 416 g/mol. The minimum absolute atomic E-state index is 0.112. The molecule has 1 aliphatic rings. The van der Waals surface area contributed by atoms with Gasteiger partial charge in [-0.05, 0) is 52.0 Å². The first-order valence-corrected chi connectivity index (χ1v) is 9.93. The molecule has 0 atom stereocenters. The average Bonchev–Trinajstić information content (AvgIpc) is 2.50. The lowest BCUT2D eigenvalue weighted by Crippen LogP contribution is -2.35. The summed E-state index contributed by atoms with van der Waals surface area (Å²) in [5.41, 5.74) is 2.33. The fourth-order valence-electron chi connectivity index (χ4n) is 2.61. The SMILES string of the molecule is CS(=O)(=O)N1CCCc2cccc(Nc3nc(Cl)ncc3Br)c21. The molecule has 23 heavy (non-hydrogen) atoms. The van der Waals surface area contributed by atoms with Crippen molar-refractivity contribution in [1.29, 1.82) is 0 Å². The molecule has 2 heterocycles. The molecule has 122 valence electrons. The number of fused-ring (bicyclic) bond motifs is 1. The van der Waals surface area contributed by atoms with Crippen molar-refractivity contribution in [2.75, 3.05) is 22.4 Å². The van der Waals surface area contributed by atoms with Gasteiger partial charge in [0.2, 0.25) is 15.3 Å². The summed E-state index contributed by atoms with van der Waals surface area (Å²) >= 11 is 9.20. The first kappa shape index (κ1) is 16.5. The van der Waals surface area contributed by atoms with Crippen molar-refractivity contribution in [3.8, 4) is 0 Å². The number of rotatable bonds is 3. The number of halogens is 2. The third-order valence-corrected chi connectivity index (χ3v) is 5.47. The van der Waals surface area contributed by atoms with Gasteiger partial charge in [-0.3, -0.25) is 4.31 Å². The summed E-state index contributed by atoms with van der Waals surface area (Å²) in [5, 5.41) is 3.27. The van der Waals surface area contributed by atoms with E-state index in [0.717, 1.165) is 18.4 Å². The number of hydrogen-bond acceptors (Lipinski definition) is 5. The third-order valence-electron chi connectivity index (χ3n) is 3.54. The van der Waals surface area contributed by atoms with E-state index in [1.54, 1.807) is 6.20 Å². The molecule has 1 aromatic carbocycles. The van der Waals surface area contributed by atoms with Gasteiger partial charge in [-0.15, -0.1) is 0 Å². The summed E-state index contributed by atoms with van der Waals surface area (Å²) in [6.45, 7) is 0.468. The molecule has 0 bridgehead atoms. The van der Waals surface area contributed by atoms with Crippen molar-refractivity contribution >= 4 is 54.7 Å². The van der Waals surface area contributed by atoms with E-state index in [-0.39, 0.29) is 5.28 Å². The van der Waals surface area contributed by atoms with Crippen LogP contribution in [0.25, 0.3) is 0 Å². The zero-order chi connectivity index (χ0) is 16.6. The summed E-state index contributed by atoms with van der Waals surface area (Å²) in [6, 6.07) is 5.66. The van der Waals surface area contributed by atoms with Crippen LogP contribution < -0.4 is 9.62 Å². The maximum absolute atomic E-state index is 12.1. The van der Waals surface area contributed by atoms with Crippen LogP contribution in [0.15, 0.2) is 28.9 Å². The predicted molar refractivity (Wildman–Crippen MR) is 95.0 cm³/mol. The topological polar surface area (TPSA) is 75.2 Å². The van der Waals surface area contributed by atoms with E-state index in [2.05, 4.69) is 31.2 Å². The van der Waals surface area contributed by atoms with Gasteiger partial charge in [0.1, 0.15) is 5.82 Å². The maximum atomic E-state index is 12.1. The molecule has 0 amide bonds. The van der Waals surface area contributed by atoms with E-state index in [4.69, 9.17) is 11.6 Å². The molecule has 0 fully saturated rings. The predicted octanol–water partition coefficient (Wildman–Crippen LogP) is 3.35. The van der Waals surface area contributed by atoms with Gasteiger partial charge in [-0.1, -0.05) is 12.1 Å². The van der Waals surface area contributed by atoms with Crippen LogP contribution in [0, 0.1) is 0 Å². The first-order valence-electron chi connectivity index (χ1n) is 6.91. The van der Waals surface area contributed by atoms with Crippen molar-refractivity contribution < 1.29 is 8.42 Å². The van der Waals surface area contributed by atoms with Crippen molar-refractivity contribution in [3.05, 3.63) is 39.7 Å². The molecule has 1 aromatic heterocycles. The van der Waals surface area contributed by atoms with Crippen molar-refractivity contribution in [2.45, 2.75) is 12.8 Å². The van der Waals surface area contributed by atoms with Gasteiger partial charge in [-0.2, -0.15) is 4.98 Å². The number of hydrogen-bond donors (Lipinski definition) is 1. The standard InChI is InChI=1S/C14H14BrClN4O2S/c1-23(21,22)20-7-3-5-9-4-2-6-11(12(9)20)18-13-10(15)8-17-14(16)19-13/h2,4,6,8H,3,5,7H2,1H3,(H,17,18,19). The Morgan fingerprint density at radius 1 is 1.39 bits per heavy atom. The number of benzene rings is 1. The quantitative estimate of drug-likeness (QED) is 0.775. The fraction of sp³-hybridized carbons (Fsp3) is 0.286. The van der Waals surface area contributed by atoms with Crippen LogP contribution in [0.5, 0.6) is 0 Å². The highest BCUT2D eigenvalue weighted by atomic mass is 79.9. The molecular weight excluding hydrogens is 404 g/mol. The second-order valence-electron chi connectivity index (χ2n) is 5.21. The Balaban J connectivity index is 2.09. The summed E-state index contributed by atoms with van der Waals surface area (Å²) in [6.07, 6.45) is 4.40. The number of aromatic nitrogens is 2. The van der Waals surface area contributed by atoms with E-state index in [1.165, 1.54) is 10.6 Å². The Hall–Kier alpha value is -1.38. The highest BCUT2D eigenvalue weighted by Crippen LogP contribution is 2.38. The zero-order valence-corrected chi connectivity index (χ0v) is 15.4. The second kappa shape index (κ2) is 6.26. The molecule has 1 aliphatic heterocycles. The van der Waals surface area contributed by atoms with Gasteiger partial charge in [0.25, 0.3) is 0 Å². The third kappa shape index (κ3) is 3.44. The van der Waals surface area contributed by atoms with Crippen LogP contribution in [-0.4, -0.2) is 31.2 Å². The van der Waals surface area contributed by atoms with Gasteiger partial charge in [0.05, 0.1) is 22.1 Å². The molecule has 0 saturated heterocycles. The Morgan fingerprint density at radius 3 is 2.91 bits per heavy atom. The Bertz CT molecular complexity index is 860. The first-order chi connectivity index (χ1) is 10.9. The molecule has 0 spiro atoms. The number of sulfonamides is 1. The van der Waals surface area contributed by atoms with Crippen LogP contribution in [-0.2, 0) is 16.4 Å². The van der Waals surface area contributed by atoms with Gasteiger partial charge in [-0.25, -0.2) is 13.4 Å². The summed E-state index contributed by atoms with van der Waals surface area (Å²) in [5.74, 6) is 0.484. The number of nitrogens with zero attached hydrogens (tertiary/aromatic N) is 3. The molecule has 3 rings (SSSR count). The summed E-state index contributed by atoms with van der Waals surface area (Å²) in [7, 11) is -3.35. The van der Waals surface area contributed by atoms with Crippen LogP contribution in [0.4, 0.5) is 17.2 Å². The van der Waals surface area contributed by atoms with E-state index < -0.39 is 10.0 Å². The van der Waals surface area contributed by atoms with Gasteiger partial charge in [0, 0.05) is 12.7 Å². The minimum atomic E-state index is -3.35. The summed E-state index contributed by atoms with van der Waals surface area (Å²) < 4.78 is 26.3. The van der Waals surface area contributed by atoms with Crippen molar-refractivity contribution in [1.82, 2.24) is 9.97 Å². The molecule has 2 aromatic rings. The van der Waals surface area contributed by atoms with Crippen LogP contribution in [0.1, 0.15) is 12.0 Å². The lowest BCUT2D eigenvalue weighted by Gasteiger charge is -2.31. The lowest BCUT2D eigenvalue weighted by atomic mass is 10.0. The van der Waals surface area contributed by atoms with E-state index in [0.29, 0.717) is 28.2 Å². The van der Waals surface area contributed by atoms with Gasteiger partial charge in [0.15, 0.2) is 0 Å². The van der Waals surface area contributed by atoms with Crippen molar-refractivity contribution in [3.63, 3.8) is 0 Å². The molecular formula is C14H14BrClN4O2S. The smallest absolute Gasteiger partial charge is 0.232 e. The molecule has 6 nitrogen and oxygen atoms in total. The largest absolute Gasteiger partial charge is 0.337 e. The Morgan fingerprint density at radius 2 is 2.17 bits per heavy atom. The van der Waals surface area contributed by atoms with Crippen LogP contribution in [0.3, 0.4) is 0 Å². The van der Waals surface area contributed by atoms with Crippen LogP contribution >= 0.6 is 27.5 Å². The van der Waals surface area contributed by atoms with Gasteiger partial charge < -0.3 is 5.32 Å². The Kier molecular flexibility index (Phi) is 4.48. The highest BCUT2D eigenvalue weighted by molar-refractivity contribution is 9.10. The minimum Gasteiger partial charge on any atom is -0.337 e. The molecule has 1 N–H and O–H groups in total. The van der Waals surface area contributed by atoms with Gasteiger partial charge >= 0.3 is 0 Å². The number of aryl methyl sites for hydroxylation is 1. The molecule has 0 radical (unpaired) electrons. The number of nitrogens with one attached hydrogen (secondary N) is 1. The normalized spacial score (nSPS) is 14.5. The molecule has 0 saturated carbocycles. The molecule has 0 unspecified atom stereocenters. The van der Waals surface area contributed by atoms with Crippen molar-refractivity contribution in [2.24, 2.45) is 0 Å². The highest BCUT2D eigenvalue weighted by Gasteiger charge is 2.27. The van der Waals surface area contributed by atoms with E-state index in [9.17, 15) is 8.42 Å². The second-order valence-corrected chi connectivity index (χ2v) is 8.31. The summed E-state index contributed by atoms with van der Waals surface area (Å²) in [4.78, 5) is 8.02. The lowest BCUT2D eigenvalue weighted by molar-refractivity contribution is 0.592. The van der Waals surface area contributed by atoms with Crippen LogP contribution in [0.2, 0.25) is 5.28 Å². The van der Waals surface area contributed by atoms with E-state index >= 15 is 0 Å². The Labute approximate surface area is 148 Å². The average molecular weight is 418 g/mol. The number of para-hydroxylation sites is 1. The fourth-order valence-corrected chi connectivity index (χ4v) is 4.04. The van der Waals surface area contributed by atoms with E-state index in [1.807, 2.05) is 18.2 Å². The zero-order valence-electron chi connectivity index (χ0n) is 12.3. The molecule has 0 aliphatic carbocycles.